The van der Waals surface area contributed by atoms with Crippen molar-refractivity contribution in [1.29, 1.82) is 0 Å². The van der Waals surface area contributed by atoms with Crippen molar-refractivity contribution in [1.82, 2.24) is 5.09 Å². The van der Waals surface area contributed by atoms with Gasteiger partial charge in [-0.2, -0.15) is 0 Å². The molecule has 4 heteroatoms. The van der Waals surface area contributed by atoms with Gasteiger partial charge in [0, 0.05) is 13.3 Å². The van der Waals surface area contributed by atoms with E-state index in [1.807, 2.05) is 0 Å². The summed E-state index contributed by atoms with van der Waals surface area (Å²) < 4.78 is 16.9. The van der Waals surface area contributed by atoms with Crippen LogP contribution in [0.5, 0.6) is 0 Å². The van der Waals surface area contributed by atoms with Gasteiger partial charge in [-0.25, -0.2) is 5.09 Å². The van der Waals surface area contributed by atoms with E-state index in [-0.39, 0.29) is 0 Å². The van der Waals surface area contributed by atoms with Crippen LogP contribution in [0.15, 0.2) is 0 Å². The number of rotatable bonds is 13. The first-order valence-electron chi connectivity index (χ1n) is 7.52. The summed E-state index contributed by atoms with van der Waals surface area (Å²) in [5.41, 5.74) is 0. The SMILES string of the molecule is CCCCCCCCCCCCP(=O)(NC)OC. The Bertz CT molecular complexity index is 214. The molecule has 1 unspecified atom stereocenters. The highest BCUT2D eigenvalue weighted by Crippen LogP contribution is 2.41. The molecule has 0 aliphatic rings. The normalized spacial score (nSPS) is 14.6. The Morgan fingerprint density at radius 1 is 0.889 bits per heavy atom. The largest absolute Gasteiger partial charge is 0.321 e. The fraction of sp³-hybridized carbons (Fsp3) is 1.00. The molecular formula is C14H32NO2P. The van der Waals surface area contributed by atoms with Gasteiger partial charge in [-0.15, -0.1) is 0 Å². The second-order valence-corrected chi connectivity index (χ2v) is 7.59. The van der Waals surface area contributed by atoms with Gasteiger partial charge in [-0.3, -0.25) is 4.57 Å². The van der Waals surface area contributed by atoms with Crippen molar-refractivity contribution >= 4 is 7.52 Å². The molecule has 0 bridgehead atoms. The summed E-state index contributed by atoms with van der Waals surface area (Å²) in [7, 11) is 0.725. The molecule has 0 fully saturated rings. The third-order valence-electron chi connectivity index (χ3n) is 3.44. The maximum atomic E-state index is 11.9. The monoisotopic (exact) mass is 277 g/mol. The molecule has 0 aliphatic heterocycles. The Balaban J connectivity index is 3.23. The van der Waals surface area contributed by atoms with Crippen LogP contribution in [0.2, 0.25) is 0 Å². The minimum Gasteiger partial charge on any atom is -0.321 e. The summed E-state index contributed by atoms with van der Waals surface area (Å²) in [6.07, 6.45) is 13.7. The Kier molecular flexibility index (Phi) is 12.3. The molecule has 0 aliphatic carbocycles. The van der Waals surface area contributed by atoms with E-state index >= 15 is 0 Å². The Hall–Kier alpha value is 0.150. The minimum absolute atomic E-state index is 0.663. The number of hydrogen-bond acceptors (Lipinski definition) is 2. The lowest BCUT2D eigenvalue weighted by Crippen LogP contribution is -2.08. The molecule has 0 spiro atoms. The van der Waals surface area contributed by atoms with E-state index in [1.165, 1.54) is 64.9 Å². The fourth-order valence-electron chi connectivity index (χ4n) is 2.10. The van der Waals surface area contributed by atoms with E-state index in [4.69, 9.17) is 4.52 Å². The Labute approximate surface area is 114 Å². The summed E-state index contributed by atoms with van der Waals surface area (Å²) in [4.78, 5) is 0. The smallest absolute Gasteiger partial charge is 0.269 e. The number of hydrogen-bond donors (Lipinski definition) is 1. The van der Waals surface area contributed by atoms with Gasteiger partial charge in [0.25, 0.3) is 7.52 Å². The highest BCUT2D eigenvalue weighted by Gasteiger charge is 2.17. The topological polar surface area (TPSA) is 38.3 Å². The van der Waals surface area contributed by atoms with Crippen LogP contribution in [0, 0.1) is 0 Å². The van der Waals surface area contributed by atoms with Crippen LogP contribution in [0.4, 0.5) is 0 Å². The van der Waals surface area contributed by atoms with Crippen molar-refractivity contribution in [2.45, 2.75) is 71.1 Å². The number of unbranched alkanes of at least 4 members (excludes halogenated alkanes) is 9. The summed E-state index contributed by atoms with van der Waals surface area (Å²) in [6.45, 7) is 2.25. The average Bonchev–Trinajstić information content (AvgIpc) is 2.40. The molecule has 0 aromatic carbocycles. The van der Waals surface area contributed by atoms with Gasteiger partial charge in [0.05, 0.1) is 0 Å². The second kappa shape index (κ2) is 12.2. The molecule has 3 nitrogen and oxygen atoms in total. The van der Waals surface area contributed by atoms with Crippen molar-refractivity contribution in [3.8, 4) is 0 Å². The van der Waals surface area contributed by atoms with Crippen LogP contribution in [0.1, 0.15) is 71.1 Å². The second-order valence-electron chi connectivity index (χ2n) is 4.99. The predicted octanol–water partition coefficient (Wildman–Crippen LogP) is 4.97. The average molecular weight is 277 g/mol. The van der Waals surface area contributed by atoms with Crippen molar-refractivity contribution in [2.75, 3.05) is 20.3 Å². The summed E-state index contributed by atoms with van der Waals surface area (Å²) >= 11 is 0. The van der Waals surface area contributed by atoms with Crippen LogP contribution < -0.4 is 5.09 Å². The van der Waals surface area contributed by atoms with Crippen LogP contribution in [0.25, 0.3) is 0 Å². The molecular weight excluding hydrogens is 245 g/mol. The van der Waals surface area contributed by atoms with Gasteiger partial charge in [0.2, 0.25) is 0 Å². The fourth-order valence-corrected chi connectivity index (χ4v) is 3.33. The van der Waals surface area contributed by atoms with Crippen LogP contribution in [-0.4, -0.2) is 20.3 Å². The zero-order valence-electron chi connectivity index (χ0n) is 12.5. The maximum absolute atomic E-state index is 11.9. The highest BCUT2D eigenvalue weighted by molar-refractivity contribution is 7.56. The minimum atomic E-state index is -2.51. The lowest BCUT2D eigenvalue weighted by atomic mass is 10.1. The molecule has 0 aromatic rings. The van der Waals surface area contributed by atoms with Crippen LogP contribution >= 0.6 is 7.52 Å². The van der Waals surface area contributed by atoms with Gasteiger partial charge in [0.15, 0.2) is 0 Å². The molecule has 0 radical (unpaired) electrons. The zero-order chi connectivity index (χ0) is 13.7. The molecule has 0 saturated carbocycles. The van der Waals surface area contributed by atoms with E-state index in [2.05, 4.69) is 12.0 Å². The lowest BCUT2D eigenvalue weighted by Gasteiger charge is -2.14. The molecule has 0 amide bonds. The molecule has 0 rings (SSSR count). The van der Waals surface area contributed by atoms with E-state index < -0.39 is 7.52 Å². The van der Waals surface area contributed by atoms with Gasteiger partial charge in [-0.1, -0.05) is 64.7 Å². The van der Waals surface area contributed by atoms with E-state index in [9.17, 15) is 4.57 Å². The quantitative estimate of drug-likeness (QED) is 0.382. The summed E-state index contributed by atoms with van der Waals surface area (Å²) in [6, 6.07) is 0. The standard InChI is InChI=1S/C14H32NO2P/c1-4-5-6-7-8-9-10-11-12-13-14-18(16,15-2)17-3/h4-14H2,1-3H3,(H,15,16). The highest BCUT2D eigenvalue weighted by atomic mass is 31.2. The van der Waals surface area contributed by atoms with Gasteiger partial charge in [-0.05, 0) is 13.5 Å². The predicted molar refractivity (Wildman–Crippen MR) is 80.4 cm³/mol. The van der Waals surface area contributed by atoms with Crippen LogP contribution in [-0.2, 0) is 9.09 Å². The zero-order valence-corrected chi connectivity index (χ0v) is 13.4. The van der Waals surface area contributed by atoms with Crippen LogP contribution in [0.3, 0.4) is 0 Å². The Morgan fingerprint density at radius 3 is 1.72 bits per heavy atom. The van der Waals surface area contributed by atoms with E-state index in [0.717, 1.165) is 6.42 Å². The third-order valence-corrected chi connectivity index (χ3v) is 5.62. The van der Waals surface area contributed by atoms with Crippen molar-refractivity contribution in [3.05, 3.63) is 0 Å². The lowest BCUT2D eigenvalue weighted by molar-refractivity contribution is 0.383. The third kappa shape index (κ3) is 10.1. The van der Waals surface area contributed by atoms with Crippen molar-refractivity contribution < 1.29 is 9.09 Å². The summed E-state index contributed by atoms with van der Waals surface area (Å²) in [5, 5.41) is 2.79. The first-order valence-corrected chi connectivity index (χ1v) is 9.33. The van der Waals surface area contributed by atoms with E-state index in [1.54, 1.807) is 7.05 Å². The number of nitrogens with one attached hydrogen (secondary N) is 1. The van der Waals surface area contributed by atoms with Gasteiger partial charge >= 0.3 is 0 Å². The van der Waals surface area contributed by atoms with Gasteiger partial charge < -0.3 is 4.52 Å². The molecule has 110 valence electrons. The first kappa shape index (κ1) is 18.1. The van der Waals surface area contributed by atoms with E-state index in [0.29, 0.717) is 6.16 Å². The first-order chi connectivity index (χ1) is 8.68. The molecule has 1 atom stereocenters. The molecule has 0 saturated heterocycles. The van der Waals surface area contributed by atoms with Gasteiger partial charge in [0.1, 0.15) is 0 Å². The van der Waals surface area contributed by atoms with Crippen molar-refractivity contribution in [2.24, 2.45) is 0 Å². The molecule has 1 N–H and O–H groups in total. The Morgan fingerprint density at radius 2 is 1.33 bits per heavy atom. The molecule has 0 aromatic heterocycles. The molecule has 18 heavy (non-hydrogen) atoms. The molecule has 0 heterocycles. The maximum Gasteiger partial charge on any atom is 0.269 e. The van der Waals surface area contributed by atoms with Crippen molar-refractivity contribution in [3.63, 3.8) is 0 Å². The summed E-state index contributed by atoms with van der Waals surface area (Å²) in [5.74, 6) is 0.